The van der Waals surface area contributed by atoms with E-state index in [9.17, 15) is 18.6 Å². The Labute approximate surface area is 280 Å². The molecule has 0 spiro atoms. The number of rotatable bonds is 9. The summed E-state index contributed by atoms with van der Waals surface area (Å²) in [6, 6.07) is 17.3. The van der Waals surface area contributed by atoms with Gasteiger partial charge < -0.3 is 19.9 Å². The second-order valence-corrected chi connectivity index (χ2v) is 13.8. The molecule has 1 aliphatic rings. The monoisotopic (exact) mass is 666 g/mol. The molecule has 2 aromatic heterocycles. The van der Waals surface area contributed by atoms with Crippen LogP contribution < -0.4 is 10.6 Å². The molecule has 0 radical (unpaired) electrons. The van der Waals surface area contributed by atoms with Gasteiger partial charge in [0.1, 0.15) is 5.69 Å². The van der Waals surface area contributed by atoms with Gasteiger partial charge in [-0.25, -0.2) is 4.21 Å². The molecule has 0 saturated carbocycles. The number of hydrogen-bond acceptors (Lipinski definition) is 7. The molecule has 1 unspecified atom stereocenters. The fraction of sp³-hybridized carbons (Fsp3) is 0.278. The molecule has 5 rings (SSSR count). The summed E-state index contributed by atoms with van der Waals surface area (Å²) in [5.41, 5.74) is 4.07. The van der Waals surface area contributed by atoms with Crippen molar-refractivity contribution in [2.45, 2.75) is 18.2 Å². The number of benzene rings is 2. The molecule has 1 saturated heterocycles. The molecule has 1 aliphatic heterocycles. The Balaban J connectivity index is 1.22. The number of hydrogen-bond donors (Lipinski definition) is 2. The summed E-state index contributed by atoms with van der Waals surface area (Å²) in [5, 5.41) is 5.82. The van der Waals surface area contributed by atoms with Crippen LogP contribution in [0.4, 0.5) is 5.69 Å². The summed E-state index contributed by atoms with van der Waals surface area (Å²) >= 11 is 0. The Bertz CT molecular complexity index is 2010. The van der Waals surface area contributed by atoms with Gasteiger partial charge in [0.2, 0.25) is 5.91 Å². The van der Waals surface area contributed by atoms with Crippen LogP contribution in [0.1, 0.15) is 43.1 Å². The first-order valence-corrected chi connectivity index (χ1v) is 17.4. The smallest absolute Gasteiger partial charge is 0.286 e. The van der Waals surface area contributed by atoms with Crippen molar-refractivity contribution in [3.63, 3.8) is 0 Å². The van der Waals surface area contributed by atoms with Gasteiger partial charge in [-0.05, 0) is 60.5 Å². The van der Waals surface area contributed by atoms with E-state index in [-0.39, 0.29) is 23.8 Å². The molecule has 3 amide bonds. The van der Waals surface area contributed by atoms with Crippen LogP contribution in [0, 0.1) is 18.8 Å². The van der Waals surface area contributed by atoms with Gasteiger partial charge in [0.05, 0.1) is 34.9 Å². The van der Waals surface area contributed by atoms with Crippen molar-refractivity contribution in [2.24, 2.45) is 11.4 Å². The first kappa shape index (κ1) is 34.3. The zero-order chi connectivity index (χ0) is 34.1. The number of aryl methyl sites for hydroxylation is 2. The van der Waals surface area contributed by atoms with Gasteiger partial charge >= 0.3 is 0 Å². The molecule has 248 valence electrons. The van der Waals surface area contributed by atoms with Gasteiger partial charge in [-0.2, -0.15) is 4.36 Å². The Hall–Kier alpha value is -5.09. The molecule has 0 aliphatic carbocycles. The molecule has 1 atom stereocenters. The maximum atomic E-state index is 13.6. The van der Waals surface area contributed by atoms with E-state index in [2.05, 4.69) is 36.7 Å². The summed E-state index contributed by atoms with van der Waals surface area (Å²) in [5.74, 6) is 4.97. The van der Waals surface area contributed by atoms with Crippen LogP contribution in [0.25, 0.3) is 0 Å². The quantitative estimate of drug-likeness (QED) is 0.261. The highest BCUT2D eigenvalue weighted by Crippen LogP contribution is 2.17. The van der Waals surface area contributed by atoms with Crippen molar-refractivity contribution < 1.29 is 23.3 Å². The second-order valence-electron chi connectivity index (χ2n) is 11.6. The van der Waals surface area contributed by atoms with E-state index in [1.165, 1.54) is 18.6 Å². The summed E-state index contributed by atoms with van der Waals surface area (Å²) in [6.45, 7) is 6.32. The molecule has 2 N–H and O–H groups in total. The first-order valence-electron chi connectivity index (χ1n) is 15.5. The van der Waals surface area contributed by atoms with Crippen LogP contribution in [0.15, 0.2) is 88.5 Å². The minimum Gasteiger partial charge on any atom is -0.379 e. The molecule has 12 heteroatoms. The maximum Gasteiger partial charge on any atom is 0.286 e. The van der Waals surface area contributed by atoms with Gasteiger partial charge in [-0.3, -0.25) is 24.3 Å². The summed E-state index contributed by atoms with van der Waals surface area (Å²) in [6.07, 6.45) is 6.27. The number of nitrogens with one attached hydrogen (secondary N) is 2. The van der Waals surface area contributed by atoms with Crippen molar-refractivity contribution >= 4 is 33.1 Å². The molecule has 1 fully saturated rings. The van der Waals surface area contributed by atoms with Gasteiger partial charge in [-0.15, -0.1) is 0 Å². The lowest BCUT2D eigenvalue weighted by molar-refractivity contribution is -0.120. The largest absolute Gasteiger partial charge is 0.379 e. The van der Waals surface area contributed by atoms with Crippen LogP contribution in [-0.2, 0) is 32.7 Å². The molecular formula is C36H38N6O5S. The number of morpholine rings is 1. The lowest BCUT2D eigenvalue weighted by Gasteiger charge is -2.26. The molecule has 0 bridgehead atoms. The number of ether oxygens (including phenoxy) is 1. The van der Waals surface area contributed by atoms with Gasteiger partial charge in [-0.1, -0.05) is 30.0 Å². The van der Waals surface area contributed by atoms with Gasteiger partial charge in [0, 0.05) is 79.8 Å². The lowest BCUT2D eigenvalue weighted by Crippen LogP contribution is -2.41. The summed E-state index contributed by atoms with van der Waals surface area (Å²) in [7, 11) is -1.31. The van der Waals surface area contributed by atoms with Crippen molar-refractivity contribution in [2.75, 3.05) is 51.0 Å². The minimum absolute atomic E-state index is 0.118. The summed E-state index contributed by atoms with van der Waals surface area (Å²) in [4.78, 5) is 45.1. The Morgan fingerprint density at radius 1 is 1.00 bits per heavy atom. The van der Waals surface area contributed by atoms with Crippen LogP contribution in [-0.4, -0.2) is 82.0 Å². The zero-order valence-electron chi connectivity index (χ0n) is 27.2. The van der Waals surface area contributed by atoms with Crippen LogP contribution in [0.3, 0.4) is 0 Å². The van der Waals surface area contributed by atoms with Crippen LogP contribution >= 0.6 is 0 Å². The normalized spacial score (nSPS) is 14.2. The lowest BCUT2D eigenvalue weighted by atomic mass is 10.1. The maximum absolute atomic E-state index is 13.6. The number of nitrogens with zero attached hydrogens (tertiary/aromatic N) is 4. The number of aromatic nitrogens is 2. The molecule has 2 aromatic carbocycles. The minimum atomic E-state index is -3.13. The standard InChI is InChI=1S/C36H38N6O5S/c1-26-18-33(41(2)25-26)36(45)39-31-8-4-6-27(20-31)10-11-29-19-30(24-37-23-29)35(44)40-48(3,46)32-9-5-7-28(21-32)22-34(43)38-12-13-42-14-16-47-17-15-42/h4-9,18-21,23-25H,12-17,22H2,1-3H3,(H,38,43)(H,39,45). The highest BCUT2D eigenvalue weighted by molar-refractivity contribution is 7.93. The predicted octanol–water partition coefficient (Wildman–Crippen LogP) is 3.67. The number of amides is 3. The molecule has 11 nitrogen and oxygen atoms in total. The van der Waals surface area contributed by atoms with Gasteiger partial charge in [0.15, 0.2) is 0 Å². The van der Waals surface area contributed by atoms with E-state index >= 15 is 0 Å². The van der Waals surface area contributed by atoms with Crippen LogP contribution in [0.2, 0.25) is 0 Å². The fourth-order valence-corrected chi connectivity index (χ4v) is 6.40. The second kappa shape index (κ2) is 15.7. The third-order valence-electron chi connectivity index (χ3n) is 7.64. The van der Waals surface area contributed by atoms with E-state index in [0.29, 0.717) is 52.7 Å². The summed E-state index contributed by atoms with van der Waals surface area (Å²) < 4.78 is 24.8. The number of carbonyl (C=O) groups is 3. The Morgan fingerprint density at radius 3 is 2.54 bits per heavy atom. The van der Waals surface area contributed by atoms with Gasteiger partial charge in [0.25, 0.3) is 11.8 Å². The first-order chi connectivity index (χ1) is 23.1. The van der Waals surface area contributed by atoms with E-state index in [4.69, 9.17) is 4.74 Å². The third kappa shape index (κ3) is 9.48. The van der Waals surface area contributed by atoms with E-state index < -0.39 is 15.6 Å². The average molecular weight is 667 g/mol. The van der Waals surface area contributed by atoms with Crippen molar-refractivity contribution in [3.05, 3.63) is 113 Å². The molecule has 3 heterocycles. The molecule has 48 heavy (non-hydrogen) atoms. The highest BCUT2D eigenvalue weighted by Gasteiger charge is 2.15. The van der Waals surface area contributed by atoms with E-state index in [1.54, 1.807) is 53.1 Å². The zero-order valence-corrected chi connectivity index (χ0v) is 28.0. The van der Waals surface area contributed by atoms with E-state index in [0.717, 1.165) is 25.2 Å². The average Bonchev–Trinajstić information content (AvgIpc) is 3.42. The third-order valence-corrected chi connectivity index (χ3v) is 9.29. The van der Waals surface area contributed by atoms with Crippen molar-refractivity contribution in [1.82, 2.24) is 19.8 Å². The SMILES string of the molecule is Cc1cc(C(=O)Nc2cccc(C#Cc3cncc(C(=O)N=S(C)(=O)c4cccc(CC(=O)NCCN5CCOCC5)c4)c3)c2)n(C)c1. The highest BCUT2D eigenvalue weighted by atomic mass is 32.2. The topological polar surface area (TPSA) is 135 Å². The molecule has 4 aromatic rings. The fourth-order valence-electron chi connectivity index (χ4n) is 5.18. The predicted molar refractivity (Wildman–Crippen MR) is 184 cm³/mol. The number of anilines is 1. The van der Waals surface area contributed by atoms with Crippen LogP contribution in [0.5, 0.6) is 0 Å². The van der Waals surface area contributed by atoms with Crippen molar-refractivity contribution in [1.29, 1.82) is 0 Å². The molecular weight excluding hydrogens is 628 g/mol. The Morgan fingerprint density at radius 2 is 1.77 bits per heavy atom. The van der Waals surface area contributed by atoms with E-state index in [1.807, 2.05) is 32.3 Å². The van der Waals surface area contributed by atoms with Crippen molar-refractivity contribution in [3.8, 4) is 11.8 Å². The number of pyridine rings is 1. The number of carbonyl (C=O) groups excluding carboxylic acids is 3. The Kier molecular flexibility index (Phi) is 11.2.